The quantitative estimate of drug-likeness (QED) is 0.725. The molecule has 3 heteroatoms. The molecule has 0 aromatic carbocycles. The standard InChI is InChI=1S/C10H10INS/c1-6(2)7-3-4-12-9-8(11)5-13-10(7)9/h3-6H,1-2H3. The number of hydrogen-bond acceptors (Lipinski definition) is 2. The van der Waals surface area contributed by atoms with Gasteiger partial charge in [0.05, 0.1) is 13.8 Å². The van der Waals surface area contributed by atoms with E-state index in [1.807, 2.05) is 6.20 Å². The molecule has 13 heavy (non-hydrogen) atoms. The molecule has 2 aromatic rings. The predicted molar refractivity (Wildman–Crippen MR) is 66.4 cm³/mol. The highest BCUT2D eigenvalue weighted by molar-refractivity contribution is 14.1. The second-order valence-corrected chi connectivity index (χ2v) is 5.36. The Bertz CT molecular complexity index is 433. The first-order valence-electron chi connectivity index (χ1n) is 4.21. The Morgan fingerprint density at radius 2 is 2.23 bits per heavy atom. The Kier molecular flexibility index (Phi) is 2.55. The molecule has 0 amide bonds. The van der Waals surface area contributed by atoms with Gasteiger partial charge in [0.25, 0.3) is 0 Å². The molecular weight excluding hydrogens is 293 g/mol. The van der Waals surface area contributed by atoms with Crippen LogP contribution in [-0.2, 0) is 0 Å². The topological polar surface area (TPSA) is 12.9 Å². The zero-order valence-corrected chi connectivity index (χ0v) is 10.5. The van der Waals surface area contributed by atoms with Crippen molar-refractivity contribution in [2.45, 2.75) is 19.8 Å². The van der Waals surface area contributed by atoms with Crippen molar-refractivity contribution in [3.05, 3.63) is 26.8 Å². The summed E-state index contributed by atoms with van der Waals surface area (Å²) in [5, 5.41) is 2.17. The summed E-state index contributed by atoms with van der Waals surface area (Å²) >= 11 is 4.14. The van der Waals surface area contributed by atoms with Gasteiger partial charge in [0.15, 0.2) is 0 Å². The fraction of sp³-hybridized carbons (Fsp3) is 0.300. The zero-order valence-electron chi connectivity index (χ0n) is 7.54. The van der Waals surface area contributed by atoms with Gasteiger partial charge in [0.1, 0.15) is 0 Å². The SMILES string of the molecule is CC(C)c1ccnc2c(I)csc12. The number of nitrogens with zero attached hydrogens (tertiary/aromatic N) is 1. The summed E-state index contributed by atoms with van der Waals surface area (Å²) in [7, 11) is 0. The van der Waals surface area contributed by atoms with Crippen LogP contribution in [0, 0.1) is 3.57 Å². The Morgan fingerprint density at radius 3 is 2.92 bits per heavy atom. The van der Waals surface area contributed by atoms with Crippen LogP contribution in [0.3, 0.4) is 0 Å². The largest absolute Gasteiger partial charge is 0.254 e. The third kappa shape index (κ3) is 1.59. The van der Waals surface area contributed by atoms with Gasteiger partial charge in [0.2, 0.25) is 0 Å². The van der Waals surface area contributed by atoms with E-state index in [0.29, 0.717) is 5.92 Å². The van der Waals surface area contributed by atoms with Gasteiger partial charge < -0.3 is 0 Å². The highest BCUT2D eigenvalue weighted by Gasteiger charge is 2.09. The third-order valence-corrected chi connectivity index (χ3v) is 4.33. The number of rotatable bonds is 1. The summed E-state index contributed by atoms with van der Waals surface area (Å²) in [6, 6.07) is 2.12. The highest BCUT2D eigenvalue weighted by atomic mass is 127. The Balaban J connectivity index is 2.77. The molecule has 0 saturated heterocycles. The van der Waals surface area contributed by atoms with E-state index in [-0.39, 0.29) is 0 Å². The molecule has 2 aromatic heterocycles. The summed E-state index contributed by atoms with van der Waals surface area (Å²) in [5.74, 6) is 0.583. The second-order valence-electron chi connectivity index (χ2n) is 3.32. The van der Waals surface area contributed by atoms with E-state index < -0.39 is 0 Å². The van der Waals surface area contributed by atoms with Crippen LogP contribution in [0.25, 0.3) is 10.2 Å². The number of pyridine rings is 1. The molecule has 1 nitrogen and oxygen atoms in total. The Hall–Kier alpha value is -0.160. The van der Waals surface area contributed by atoms with E-state index in [1.54, 1.807) is 11.3 Å². The van der Waals surface area contributed by atoms with Crippen LogP contribution < -0.4 is 0 Å². The van der Waals surface area contributed by atoms with Crippen LogP contribution >= 0.6 is 33.9 Å². The van der Waals surface area contributed by atoms with Crippen LogP contribution in [0.1, 0.15) is 25.3 Å². The van der Waals surface area contributed by atoms with E-state index in [1.165, 1.54) is 13.8 Å². The van der Waals surface area contributed by atoms with Crippen molar-refractivity contribution >= 4 is 44.1 Å². The van der Waals surface area contributed by atoms with Gasteiger partial charge in [0, 0.05) is 11.6 Å². The molecule has 0 aliphatic heterocycles. The van der Waals surface area contributed by atoms with Crippen LogP contribution in [0.2, 0.25) is 0 Å². The summed E-state index contributed by atoms with van der Waals surface area (Å²) < 4.78 is 2.61. The van der Waals surface area contributed by atoms with E-state index in [0.717, 1.165) is 5.52 Å². The molecule has 68 valence electrons. The Labute approximate surface area is 95.3 Å². The molecule has 0 radical (unpaired) electrons. The molecule has 0 N–H and O–H groups in total. The normalized spacial score (nSPS) is 11.4. The maximum atomic E-state index is 4.39. The van der Waals surface area contributed by atoms with Crippen LogP contribution in [0.15, 0.2) is 17.6 Å². The summed E-state index contributed by atoms with van der Waals surface area (Å²) in [6.45, 7) is 4.45. The minimum Gasteiger partial charge on any atom is -0.254 e. The zero-order chi connectivity index (χ0) is 9.42. The van der Waals surface area contributed by atoms with Crippen molar-refractivity contribution < 1.29 is 0 Å². The first-order chi connectivity index (χ1) is 6.20. The van der Waals surface area contributed by atoms with Crippen molar-refractivity contribution in [1.82, 2.24) is 4.98 Å². The summed E-state index contributed by atoms with van der Waals surface area (Å²) in [6.07, 6.45) is 1.91. The summed E-state index contributed by atoms with van der Waals surface area (Å²) in [5.41, 5.74) is 2.58. The molecule has 0 bridgehead atoms. The van der Waals surface area contributed by atoms with Gasteiger partial charge in [-0.15, -0.1) is 11.3 Å². The van der Waals surface area contributed by atoms with Gasteiger partial charge in [-0.25, -0.2) is 0 Å². The Morgan fingerprint density at radius 1 is 1.46 bits per heavy atom. The average molecular weight is 303 g/mol. The fourth-order valence-electron chi connectivity index (χ4n) is 1.38. The molecule has 0 saturated carbocycles. The van der Waals surface area contributed by atoms with Crippen LogP contribution in [0.5, 0.6) is 0 Å². The third-order valence-electron chi connectivity index (χ3n) is 2.06. The molecule has 0 aliphatic carbocycles. The number of aromatic nitrogens is 1. The minimum atomic E-state index is 0.583. The van der Waals surface area contributed by atoms with Crippen molar-refractivity contribution in [1.29, 1.82) is 0 Å². The smallest absolute Gasteiger partial charge is 0.0945 e. The van der Waals surface area contributed by atoms with Gasteiger partial charge in [-0.3, -0.25) is 4.98 Å². The molecule has 0 atom stereocenters. The predicted octanol–water partition coefficient (Wildman–Crippen LogP) is 4.02. The molecule has 2 rings (SSSR count). The lowest BCUT2D eigenvalue weighted by molar-refractivity contribution is 0.876. The second kappa shape index (κ2) is 3.53. The number of halogens is 1. The van der Waals surface area contributed by atoms with Gasteiger partial charge in [-0.05, 0) is 40.1 Å². The molecular formula is C10H10INS. The van der Waals surface area contributed by atoms with E-state index in [4.69, 9.17) is 0 Å². The van der Waals surface area contributed by atoms with Gasteiger partial charge in [-0.2, -0.15) is 0 Å². The number of fused-ring (bicyclic) bond motifs is 1. The van der Waals surface area contributed by atoms with E-state index in [2.05, 4.69) is 52.9 Å². The molecule has 0 unspecified atom stereocenters. The van der Waals surface area contributed by atoms with Gasteiger partial charge in [-0.1, -0.05) is 13.8 Å². The maximum Gasteiger partial charge on any atom is 0.0945 e. The van der Waals surface area contributed by atoms with E-state index in [9.17, 15) is 0 Å². The molecule has 2 heterocycles. The lowest BCUT2D eigenvalue weighted by atomic mass is 10.0. The fourth-order valence-corrected chi connectivity index (χ4v) is 3.40. The first-order valence-corrected chi connectivity index (χ1v) is 6.17. The molecule has 0 fully saturated rings. The van der Waals surface area contributed by atoms with Crippen LogP contribution in [-0.4, -0.2) is 4.98 Å². The molecule has 0 aliphatic rings. The maximum absolute atomic E-state index is 4.39. The van der Waals surface area contributed by atoms with Gasteiger partial charge >= 0.3 is 0 Å². The highest BCUT2D eigenvalue weighted by Crippen LogP contribution is 2.31. The first kappa shape index (κ1) is 9.40. The molecule has 0 spiro atoms. The van der Waals surface area contributed by atoms with Crippen molar-refractivity contribution in [3.8, 4) is 0 Å². The minimum absolute atomic E-state index is 0.583. The van der Waals surface area contributed by atoms with Crippen molar-refractivity contribution in [3.63, 3.8) is 0 Å². The number of thiophene rings is 1. The van der Waals surface area contributed by atoms with Crippen molar-refractivity contribution in [2.75, 3.05) is 0 Å². The van der Waals surface area contributed by atoms with E-state index >= 15 is 0 Å². The average Bonchev–Trinajstić information content (AvgIpc) is 2.48. The summed E-state index contributed by atoms with van der Waals surface area (Å²) in [4.78, 5) is 4.39. The number of hydrogen-bond donors (Lipinski definition) is 0. The lowest BCUT2D eigenvalue weighted by Gasteiger charge is -2.05. The van der Waals surface area contributed by atoms with Crippen LogP contribution in [0.4, 0.5) is 0 Å². The monoisotopic (exact) mass is 303 g/mol. The lowest BCUT2D eigenvalue weighted by Crippen LogP contribution is -1.88. The van der Waals surface area contributed by atoms with Crippen molar-refractivity contribution in [2.24, 2.45) is 0 Å².